The molecule has 0 amide bonds. The minimum atomic E-state index is 0.200. The number of nitrogens with one attached hydrogen (secondary N) is 2. The quantitative estimate of drug-likeness (QED) is 0.647. The fraction of sp³-hybridized carbons (Fsp3) is 0.611. The Bertz CT molecular complexity index is 542. The highest BCUT2D eigenvalue weighted by Crippen LogP contribution is 2.34. The number of rotatable bonds is 5. The van der Waals surface area contributed by atoms with Crippen molar-refractivity contribution in [3.63, 3.8) is 0 Å². The summed E-state index contributed by atoms with van der Waals surface area (Å²) in [5.41, 5.74) is 1.20. The lowest BCUT2D eigenvalue weighted by Gasteiger charge is -2.22. The second kappa shape index (κ2) is 7.21. The molecule has 1 aromatic rings. The van der Waals surface area contributed by atoms with Crippen molar-refractivity contribution in [2.45, 2.75) is 64.0 Å². The van der Waals surface area contributed by atoms with Crippen molar-refractivity contribution in [3.05, 3.63) is 29.8 Å². The minimum Gasteiger partial charge on any atom is -0.491 e. The van der Waals surface area contributed by atoms with Crippen LogP contribution in [0.3, 0.4) is 0 Å². The van der Waals surface area contributed by atoms with E-state index >= 15 is 0 Å². The van der Waals surface area contributed by atoms with E-state index in [2.05, 4.69) is 27.8 Å². The molecule has 3 atom stereocenters. The average Bonchev–Trinajstić information content (AvgIpc) is 3.15. The van der Waals surface area contributed by atoms with Gasteiger partial charge in [-0.1, -0.05) is 12.1 Å². The predicted octanol–water partition coefficient (Wildman–Crippen LogP) is 2.46. The zero-order valence-electron chi connectivity index (χ0n) is 14.2. The molecular weight excluding hydrogens is 290 g/mol. The van der Waals surface area contributed by atoms with Crippen LogP contribution in [0.5, 0.6) is 5.75 Å². The van der Waals surface area contributed by atoms with Gasteiger partial charge in [0.2, 0.25) is 0 Å². The highest BCUT2D eigenvalue weighted by atomic mass is 16.5. The molecule has 2 N–H and O–H groups in total. The molecule has 3 rings (SSSR count). The molecule has 2 heterocycles. The highest BCUT2D eigenvalue weighted by Gasteiger charge is 2.41. The zero-order valence-corrected chi connectivity index (χ0v) is 14.2. The summed E-state index contributed by atoms with van der Waals surface area (Å²) in [6.07, 6.45) is 4.46. The van der Waals surface area contributed by atoms with Crippen LogP contribution < -0.4 is 15.4 Å². The third-order valence-corrected chi connectivity index (χ3v) is 4.41. The Morgan fingerprint density at radius 1 is 1.30 bits per heavy atom. The molecule has 23 heavy (non-hydrogen) atoms. The summed E-state index contributed by atoms with van der Waals surface area (Å²) in [6, 6.07) is 8.58. The number of hydrogen-bond acceptors (Lipinski definition) is 3. The largest absolute Gasteiger partial charge is 0.491 e. The van der Waals surface area contributed by atoms with Gasteiger partial charge in [0.1, 0.15) is 5.75 Å². The SMILES string of the molecule is CN=C(NCc1ccc(OC(C)C)cc1)NC1CC2CCC1O2. The third kappa shape index (κ3) is 4.16. The van der Waals surface area contributed by atoms with Gasteiger partial charge in [0, 0.05) is 13.6 Å². The molecule has 1 aromatic carbocycles. The Morgan fingerprint density at radius 2 is 2.09 bits per heavy atom. The smallest absolute Gasteiger partial charge is 0.191 e. The van der Waals surface area contributed by atoms with Gasteiger partial charge in [-0.15, -0.1) is 0 Å². The van der Waals surface area contributed by atoms with Crippen molar-refractivity contribution >= 4 is 5.96 Å². The number of nitrogens with zero attached hydrogens (tertiary/aromatic N) is 1. The van der Waals surface area contributed by atoms with Crippen molar-refractivity contribution in [1.29, 1.82) is 0 Å². The molecule has 2 fully saturated rings. The van der Waals surface area contributed by atoms with E-state index in [1.54, 1.807) is 0 Å². The Labute approximate surface area is 138 Å². The van der Waals surface area contributed by atoms with Crippen LogP contribution in [0, 0.1) is 0 Å². The van der Waals surface area contributed by atoms with Crippen LogP contribution in [0.2, 0.25) is 0 Å². The minimum absolute atomic E-state index is 0.200. The molecule has 2 bridgehead atoms. The van der Waals surface area contributed by atoms with Crippen LogP contribution in [0.25, 0.3) is 0 Å². The van der Waals surface area contributed by atoms with Crippen LogP contribution in [0.15, 0.2) is 29.3 Å². The van der Waals surface area contributed by atoms with Gasteiger partial charge >= 0.3 is 0 Å². The van der Waals surface area contributed by atoms with Gasteiger partial charge in [0.25, 0.3) is 0 Å². The lowest BCUT2D eigenvalue weighted by Crippen LogP contribution is -2.47. The Balaban J connectivity index is 1.48. The first-order chi connectivity index (χ1) is 11.1. The number of fused-ring (bicyclic) bond motifs is 2. The van der Waals surface area contributed by atoms with Gasteiger partial charge in [-0.3, -0.25) is 4.99 Å². The first-order valence-corrected chi connectivity index (χ1v) is 8.52. The van der Waals surface area contributed by atoms with E-state index in [1.807, 2.05) is 33.0 Å². The van der Waals surface area contributed by atoms with E-state index in [9.17, 15) is 0 Å². The molecule has 0 spiro atoms. The van der Waals surface area contributed by atoms with Gasteiger partial charge in [0.15, 0.2) is 5.96 Å². The number of aliphatic imine (C=N–C) groups is 1. The van der Waals surface area contributed by atoms with Gasteiger partial charge in [-0.25, -0.2) is 0 Å². The summed E-state index contributed by atoms with van der Waals surface area (Å²) in [6.45, 7) is 4.80. The van der Waals surface area contributed by atoms with Crippen molar-refractivity contribution in [2.75, 3.05) is 7.05 Å². The maximum Gasteiger partial charge on any atom is 0.191 e. The van der Waals surface area contributed by atoms with Crippen LogP contribution in [0.4, 0.5) is 0 Å². The number of guanidine groups is 1. The van der Waals surface area contributed by atoms with Gasteiger partial charge in [-0.2, -0.15) is 0 Å². The standard InChI is InChI=1S/C18H27N3O2/c1-12(2)22-14-6-4-13(5-7-14)11-20-18(19-3)21-16-10-15-8-9-17(16)23-15/h4-7,12,15-17H,8-11H2,1-3H3,(H2,19,20,21). The van der Waals surface area contributed by atoms with E-state index in [0.29, 0.717) is 18.2 Å². The number of ether oxygens (including phenoxy) is 2. The first-order valence-electron chi connectivity index (χ1n) is 8.52. The summed E-state index contributed by atoms with van der Waals surface area (Å²) >= 11 is 0. The second-order valence-corrected chi connectivity index (χ2v) is 6.60. The number of benzene rings is 1. The number of hydrogen-bond donors (Lipinski definition) is 2. The van der Waals surface area contributed by atoms with Crippen molar-refractivity contribution in [1.82, 2.24) is 10.6 Å². The molecule has 3 unspecified atom stereocenters. The van der Waals surface area contributed by atoms with E-state index < -0.39 is 0 Å². The Hall–Kier alpha value is -1.75. The molecular formula is C18H27N3O2. The van der Waals surface area contributed by atoms with E-state index in [1.165, 1.54) is 12.0 Å². The summed E-state index contributed by atoms with van der Waals surface area (Å²) in [5, 5.41) is 6.87. The fourth-order valence-corrected chi connectivity index (χ4v) is 3.30. The van der Waals surface area contributed by atoms with E-state index in [-0.39, 0.29) is 6.10 Å². The fourth-order valence-electron chi connectivity index (χ4n) is 3.30. The molecule has 5 heteroatoms. The lowest BCUT2D eigenvalue weighted by molar-refractivity contribution is 0.0992. The van der Waals surface area contributed by atoms with Crippen molar-refractivity contribution < 1.29 is 9.47 Å². The second-order valence-electron chi connectivity index (χ2n) is 6.60. The van der Waals surface area contributed by atoms with Crippen molar-refractivity contribution in [2.24, 2.45) is 4.99 Å². The molecule has 0 saturated carbocycles. The molecule has 2 saturated heterocycles. The third-order valence-electron chi connectivity index (χ3n) is 4.41. The topological polar surface area (TPSA) is 54.9 Å². The molecule has 0 aromatic heterocycles. The van der Waals surface area contributed by atoms with Gasteiger partial charge in [-0.05, 0) is 50.8 Å². The average molecular weight is 317 g/mol. The normalized spacial score (nSPS) is 26.6. The summed E-state index contributed by atoms with van der Waals surface area (Å²) in [5.74, 6) is 1.75. The molecule has 2 aliphatic heterocycles. The molecule has 0 aliphatic carbocycles. The summed E-state index contributed by atoms with van der Waals surface area (Å²) < 4.78 is 11.5. The molecule has 0 radical (unpaired) electrons. The highest BCUT2D eigenvalue weighted by molar-refractivity contribution is 5.80. The van der Waals surface area contributed by atoms with Crippen LogP contribution in [-0.4, -0.2) is 37.4 Å². The zero-order chi connectivity index (χ0) is 16.2. The van der Waals surface area contributed by atoms with Crippen LogP contribution >= 0.6 is 0 Å². The summed E-state index contributed by atoms with van der Waals surface area (Å²) in [4.78, 5) is 4.32. The van der Waals surface area contributed by atoms with Crippen LogP contribution in [0.1, 0.15) is 38.7 Å². The van der Waals surface area contributed by atoms with E-state index in [0.717, 1.165) is 31.1 Å². The Morgan fingerprint density at radius 3 is 2.65 bits per heavy atom. The first kappa shape index (κ1) is 16.1. The van der Waals surface area contributed by atoms with E-state index in [4.69, 9.17) is 9.47 Å². The maximum absolute atomic E-state index is 5.88. The van der Waals surface area contributed by atoms with Gasteiger partial charge < -0.3 is 20.1 Å². The lowest BCUT2D eigenvalue weighted by atomic mass is 9.96. The monoisotopic (exact) mass is 317 g/mol. The maximum atomic E-state index is 5.88. The van der Waals surface area contributed by atoms with Crippen LogP contribution in [-0.2, 0) is 11.3 Å². The predicted molar refractivity (Wildman–Crippen MR) is 91.8 cm³/mol. The molecule has 126 valence electrons. The molecule has 5 nitrogen and oxygen atoms in total. The van der Waals surface area contributed by atoms with Crippen molar-refractivity contribution in [3.8, 4) is 5.75 Å². The molecule has 2 aliphatic rings. The Kier molecular flexibility index (Phi) is 5.06. The summed E-state index contributed by atoms with van der Waals surface area (Å²) in [7, 11) is 1.81. The van der Waals surface area contributed by atoms with Gasteiger partial charge in [0.05, 0.1) is 24.4 Å².